The zero-order chi connectivity index (χ0) is 25.4. The van der Waals surface area contributed by atoms with Crippen LogP contribution in [0.15, 0.2) is 18.2 Å². The van der Waals surface area contributed by atoms with Crippen LogP contribution in [0.25, 0.3) is 0 Å². The molecule has 1 aromatic rings. The number of β-amino-alcohol motifs (C(OH)–C–C–N with tert-alkyl or cyclic N) is 1. The second-order valence-electron chi connectivity index (χ2n) is 10.1. The maximum Gasteiger partial charge on any atom is 0.518 e. The van der Waals surface area contributed by atoms with Gasteiger partial charge in [0.05, 0.1) is 31.7 Å². The number of halogens is 1. The average molecular weight is 510 g/mol. The molecule has 10 nitrogen and oxygen atoms in total. The molecule has 4 rings (SSSR count). The first kappa shape index (κ1) is 25.8. The van der Waals surface area contributed by atoms with E-state index < -0.39 is 22.5 Å². The summed E-state index contributed by atoms with van der Waals surface area (Å²) in [6.45, 7) is 2.11. The molecule has 1 unspecified atom stereocenters. The number of carbonyl (C=O) groups is 3. The van der Waals surface area contributed by atoms with Crippen LogP contribution in [0, 0.1) is 5.41 Å². The highest BCUT2D eigenvalue weighted by molar-refractivity contribution is 6.33. The Morgan fingerprint density at radius 2 is 1.97 bits per heavy atom. The van der Waals surface area contributed by atoms with Gasteiger partial charge in [-0.1, -0.05) is 11.6 Å². The third-order valence-electron chi connectivity index (χ3n) is 8.20. The van der Waals surface area contributed by atoms with E-state index in [0.717, 1.165) is 25.8 Å². The number of aliphatic hydroxyl groups excluding tert-OH is 2. The summed E-state index contributed by atoms with van der Waals surface area (Å²) in [5.41, 5.74) is 5.88. The minimum atomic E-state index is -1.15. The number of amides is 3. The smallest absolute Gasteiger partial charge is 0.435 e. The van der Waals surface area contributed by atoms with Crippen LogP contribution in [0.5, 0.6) is 0 Å². The minimum absolute atomic E-state index is 0.00114. The quantitative estimate of drug-likeness (QED) is 0.405. The Morgan fingerprint density at radius 1 is 1.23 bits per heavy atom. The zero-order valence-corrected chi connectivity index (χ0v) is 20.5. The minimum Gasteiger partial charge on any atom is -0.435 e. The van der Waals surface area contributed by atoms with Crippen LogP contribution >= 0.6 is 11.6 Å². The van der Waals surface area contributed by atoms with Crippen LogP contribution in [0.3, 0.4) is 0 Å². The SMILES string of the molecule is NC(=O)c1ccc([N@@+]2(C(=O)O)CCC(=O)N(C(CO)CCN3CCC4(CC4)[C@H](O)C3)CC2)c(Cl)c1. The molecule has 1 aliphatic carbocycles. The van der Waals surface area contributed by atoms with Crippen molar-refractivity contribution in [1.29, 1.82) is 0 Å². The third-order valence-corrected chi connectivity index (χ3v) is 8.50. The highest BCUT2D eigenvalue weighted by Crippen LogP contribution is 2.53. The average Bonchev–Trinajstić information content (AvgIpc) is 3.62. The number of piperidine rings is 1. The number of benzene rings is 1. The van der Waals surface area contributed by atoms with Crippen molar-refractivity contribution in [1.82, 2.24) is 14.3 Å². The molecule has 1 saturated carbocycles. The molecule has 3 aliphatic rings. The number of likely N-dealkylation sites (tertiary alicyclic amines) is 1. The highest BCUT2D eigenvalue weighted by atomic mass is 35.5. The second kappa shape index (κ2) is 10.0. The first-order chi connectivity index (χ1) is 16.6. The van der Waals surface area contributed by atoms with E-state index in [1.54, 1.807) is 4.90 Å². The molecule has 3 fully saturated rings. The zero-order valence-electron chi connectivity index (χ0n) is 19.7. The maximum atomic E-state index is 13.0. The summed E-state index contributed by atoms with van der Waals surface area (Å²) in [6, 6.07) is 3.82. The van der Waals surface area contributed by atoms with Gasteiger partial charge in [0, 0.05) is 24.7 Å². The van der Waals surface area contributed by atoms with Gasteiger partial charge in [0.1, 0.15) is 18.1 Å². The molecule has 0 bridgehead atoms. The van der Waals surface area contributed by atoms with E-state index in [4.69, 9.17) is 17.3 Å². The Balaban J connectivity index is 1.46. The lowest BCUT2D eigenvalue weighted by atomic mass is 9.90. The number of hydrogen-bond donors (Lipinski definition) is 4. The Hall–Kier alpha value is -2.24. The molecular weight excluding hydrogens is 476 g/mol. The molecule has 11 heteroatoms. The van der Waals surface area contributed by atoms with Gasteiger partial charge in [-0.25, -0.2) is 0 Å². The fraction of sp³-hybridized carbons (Fsp3) is 0.625. The number of nitrogens with zero attached hydrogens (tertiary/aromatic N) is 3. The second-order valence-corrected chi connectivity index (χ2v) is 10.5. The molecule has 2 saturated heterocycles. The molecule has 1 spiro atoms. The summed E-state index contributed by atoms with van der Waals surface area (Å²) in [6.07, 6.45) is 2.16. The number of nitrogens with two attached hydrogens (primary N) is 1. The van der Waals surface area contributed by atoms with Crippen molar-refractivity contribution in [2.45, 2.75) is 44.2 Å². The molecule has 1 aromatic carbocycles. The van der Waals surface area contributed by atoms with Gasteiger partial charge in [-0.15, -0.1) is 0 Å². The van der Waals surface area contributed by atoms with Gasteiger partial charge in [-0.2, -0.15) is 9.28 Å². The molecule has 0 aromatic heterocycles. The summed E-state index contributed by atoms with van der Waals surface area (Å²) in [4.78, 5) is 40.8. The number of carbonyl (C=O) groups excluding carboxylic acids is 2. The third kappa shape index (κ3) is 5.03. The van der Waals surface area contributed by atoms with Crippen molar-refractivity contribution in [3.05, 3.63) is 28.8 Å². The molecule has 2 aliphatic heterocycles. The fourth-order valence-corrected chi connectivity index (χ4v) is 5.92. The molecule has 3 amide bonds. The molecule has 0 radical (unpaired) electrons. The standard InChI is InChI=1S/C24H33ClN4O6/c25-18-13-16(22(26)33)1-2-19(18)29(23(34)35)11-4-21(32)28(10-12-29)17(15-30)3-8-27-9-7-24(5-6-24)20(31)14-27/h1-2,13,17,20,30-31H,3-12,14-15H2,(H2-,26,33,34,35)/p+1/t17?,20-,29-/m1/s1. The van der Waals surface area contributed by atoms with Crippen molar-refractivity contribution in [3.8, 4) is 0 Å². The topological polar surface area (TPSA) is 144 Å². The molecule has 2 heterocycles. The molecule has 5 N–H and O–H groups in total. The van der Waals surface area contributed by atoms with Crippen molar-refractivity contribution < 1.29 is 29.7 Å². The van der Waals surface area contributed by atoms with Crippen molar-refractivity contribution in [3.63, 3.8) is 0 Å². The van der Waals surface area contributed by atoms with Gasteiger partial charge in [0.25, 0.3) is 0 Å². The normalized spacial score (nSPS) is 27.5. The largest absolute Gasteiger partial charge is 0.518 e. The van der Waals surface area contributed by atoms with Crippen molar-refractivity contribution >= 4 is 35.2 Å². The molecule has 192 valence electrons. The van der Waals surface area contributed by atoms with E-state index in [-0.39, 0.29) is 66.4 Å². The maximum absolute atomic E-state index is 13.0. The Kier molecular flexibility index (Phi) is 7.40. The fourth-order valence-electron chi connectivity index (χ4n) is 5.57. The molecule has 3 atom stereocenters. The van der Waals surface area contributed by atoms with E-state index in [0.29, 0.717) is 19.5 Å². The first-order valence-electron chi connectivity index (χ1n) is 12.1. The lowest BCUT2D eigenvalue weighted by Gasteiger charge is -2.38. The van der Waals surface area contributed by atoms with E-state index in [1.807, 2.05) is 0 Å². The number of primary amides is 1. The molecule has 35 heavy (non-hydrogen) atoms. The Morgan fingerprint density at radius 3 is 2.54 bits per heavy atom. The van der Waals surface area contributed by atoms with E-state index in [2.05, 4.69) is 4.90 Å². The van der Waals surface area contributed by atoms with Gasteiger partial charge in [-0.05, 0) is 49.8 Å². The summed E-state index contributed by atoms with van der Waals surface area (Å²) >= 11 is 6.38. The van der Waals surface area contributed by atoms with E-state index >= 15 is 0 Å². The number of aliphatic hydroxyl groups is 2. The van der Waals surface area contributed by atoms with Crippen LogP contribution in [-0.4, -0.2) is 101 Å². The van der Waals surface area contributed by atoms with Crippen LogP contribution in [0.1, 0.15) is 42.5 Å². The van der Waals surface area contributed by atoms with Gasteiger partial charge in [0.2, 0.25) is 11.8 Å². The summed E-state index contributed by atoms with van der Waals surface area (Å²) in [5, 5.41) is 30.8. The van der Waals surface area contributed by atoms with Crippen molar-refractivity contribution in [2.24, 2.45) is 11.1 Å². The number of carboxylic acid groups (broad SMARTS) is 1. The van der Waals surface area contributed by atoms with Gasteiger partial charge in [-0.3, -0.25) is 9.59 Å². The summed E-state index contributed by atoms with van der Waals surface area (Å²) < 4.78 is -0.557. The lowest BCUT2D eigenvalue weighted by Crippen LogP contribution is -2.56. The predicted octanol–water partition coefficient (Wildman–Crippen LogP) is 1.25. The van der Waals surface area contributed by atoms with Crippen LogP contribution in [0.4, 0.5) is 10.5 Å². The van der Waals surface area contributed by atoms with Gasteiger partial charge >= 0.3 is 6.09 Å². The molecular formula is C24H34ClN4O6+. The number of quaternary nitrogens is 1. The predicted molar refractivity (Wildman–Crippen MR) is 130 cm³/mol. The number of rotatable bonds is 7. The van der Waals surface area contributed by atoms with E-state index in [1.165, 1.54) is 18.2 Å². The van der Waals surface area contributed by atoms with E-state index in [9.17, 15) is 29.7 Å². The van der Waals surface area contributed by atoms with Gasteiger partial charge in [0.15, 0.2) is 5.69 Å². The van der Waals surface area contributed by atoms with Crippen molar-refractivity contribution in [2.75, 3.05) is 45.9 Å². The monoisotopic (exact) mass is 509 g/mol. The Bertz CT molecular complexity index is 1000. The highest BCUT2D eigenvalue weighted by Gasteiger charge is 2.51. The van der Waals surface area contributed by atoms with Gasteiger partial charge < -0.3 is 30.9 Å². The van der Waals surface area contributed by atoms with Crippen LogP contribution < -0.4 is 10.2 Å². The number of hydrogen-bond acceptors (Lipinski definition) is 6. The summed E-state index contributed by atoms with van der Waals surface area (Å²) in [5.74, 6) is -0.886. The summed E-state index contributed by atoms with van der Waals surface area (Å²) in [7, 11) is 0. The van der Waals surface area contributed by atoms with Crippen LogP contribution in [0.2, 0.25) is 5.02 Å². The first-order valence-corrected chi connectivity index (χ1v) is 12.5. The Labute approximate surface area is 209 Å². The van der Waals surface area contributed by atoms with Crippen LogP contribution in [-0.2, 0) is 4.79 Å². The lowest BCUT2D eigenvalue weighted by molar-refractivity contribution is -0.133.